The van der Waals surface area contributed by atoms with Crippen LogP contribution in [0, 0.1) is 10.1 Å². The average Bonchev–Trinajstić information content (AvgIpc) is 2.68. The zero-order valence-corrected chi connectivity index (χ0v) is 14.0. The molecule has 0 heterocycles. The summed E-state index contributed by atoms with van der Waals surface area (Å²) in [5, 5.41) is 13.8. The zero-order valence-electron chi connectivity index (χ0n) is 14.0. The molecule has 6 nitrogen and oxygen atoms in total. The van der Waals surface area contributed by atoms with Crippen molar-refractivity contribution in [2.24, 2.45) is 0 Å². The number of hydrogen-bond donors (Lipinski definition) is 1. The smallest absolute Gasteiger partial charge is 0.270 e. The van der Waals surface area contributed by atoms with Gasteiger partial charge < -0.3 is 10.1 Å². The maximum Gasteiger partial charge on any atom is 0.270 e. The fourth-order valence-electron chi connectivity index (χ4n) is 2.52. The molecule has 130 valence electrons. The van der Waals surface area contributed by atoms with Gasteiger partial charge in [0.1, 0.15) is 5.75 Å². The quantitative estimate of drug-likeness (QED) is 0.543. The normalized spacial score (nSPS) is 10.2. The fourth-order valence-corrected chi connectivity index (χ4v) is 2.52. The molecule has 6 heteroatoms. The Balaban J connectivity index is 1.81. The van der Waals surface area contributed by atoms with Crippen molar-refractivity contribution >= 4 is 17.3 Å². The van der Waals surface area contributed by atoms with E-state index in [0.717, 1.165) is 5.56 Å². The molecule has 3 aromatic carbocycles. The molecule has 1 N–H and O–H groups in total. The predicted molar refractivity (Wildman–Crippen MR) is 99.5 cm³/mol. The van der Waals surface area contributed by atoms with Crippen molar-refractivity contribution in [1.82, 2.24) is 0 Å². The molecule has 0 radical (unpaired) electrons. The van der Waals surface area contributed by atoms with E-state index in [0.29, 0.717) is 22.6 Å². The number of rotatable bonds is 5. The van der Waals surface area contributed by atoms with Gasteiger partial charge in [-0.05, 0) is 47.5 Å². The number of hydrogen-bond acceptors (Lipinski definition) is 4. The monoisotopic (exact) mass is 348 g/mol. The minimum absolute atomic E-state index is 0.0233. The summed E-state index contributed by atoms with van der Waals surface area (Å²) in [4.78, 5) is 22.9. The summed E-state index contributed by atoms with van der Waals surface area (Å²) < 4.78 is 5.08. The van der Waals surface area contributed by atoms with Crippen LogP contribution in [0.25, 0.3) is 11.1 Å². The number of nitro groups is 1. The Morgan fingerprint density at radius 2 is 1.62 bits per heavy atom. The predicted octanol–water partition coefficient (Wildman–Crippen LogP) is 4.52. The second-order valence-electron chi connectivity index (χ2n) is 5.57. The molecule has 0 saturated heterocycles. The van der Waals surface area contributed by atoms with Gasteiger partial charge in [-0.2, -0.15) is 0 Å². The van der Waals surface area contributed by atoms with Gasteiger partial charge in [-0.1, -0.05) is 24.3 Å². The van der Waals surface area contributed by atoms with Crippen molar-refractivity contribution in [3.05, 3.63) is 88.5 Å². The first-order valence-electron chi connectivity index (χ1n) is 7.87. The van der Waals surface area contributed by atoms with E-state index in [1.807, 2.05) is 6.07 Å². The van der Waals surface area contributed by atoms with Gasteiger partial charge in [0.2, 0.25) is 0 Å². The third kappa shape index (κ3) is 3.87. The largest absolute Gasteiger partial charge is 0.497 e. The van der Waals surface area contributed by atoms with Crippen LogP contribution in [0.4, 0.5) is 11.4 Å². The van der Waals surface area contributed by atoms with Crippen LogP contribution < -0.4 is 10.1 Å². The summed E-state index contributed by atoms with van der Waals surface area (Å²) in [6, 6.07) is 20.3. The molecule has 0 spiro atoms. The van der Waals surface area contributed by atoms with E-state index in [9.17, 15) is 14.9 Å². The molecule has 3 rings (SSSR count). The van der Waals surface area contributed by atoms with E-state index in [2.05, 4.69) is 5.32 Å². The molecule has 0 aliphatic carbocycles. The van der Waals surface area contributed by atoms with Crippen LogP contribution in [0.2, 0.25) is 0 Å². The number of non-ortho nitro benzene ring substituents is 1. The van der Waals surface area contributed by atoms with Crippen LogP contribution in [0.1, 0.15) is 10.4 Å². The van der Waals surface area contributed by atoms with Crippen molar-refractivity contribution in [2.45, 2.75) is 0 Å². The van der Waals surface area contributed by atoms with Gasteiger partial charge in [-0.25, -0.2) is 0 Å². The number of carbonyl (C=O) groups excluding carboxylic acids is 1. The topological polar surface area (TPSA) is 81.5 Å². The second-order valence-corrected chi connectivity index (χ2v) is 5.57. The van der Waals surface area contributed by atoms with Crippen LogP contribution in [0.15, 0.2) is 72.8 Å². The van der Waals surface area contributed by atoms with Gasteiger partial charge >= 0.3 is 0 Å². The highest BCUT2D eigenvalue weighted by atomic mass is 16.6. The van der Waals surface area contributed by atoms with E-state index >= 15 is 0 Å². The first-order chi connectivity index (χ1) is 12.6. The number of ether oxygens (including phenoxy) is 1. The van der Waals surface area contributed by atoms with Crippen molar-refractivity contribution in [2.75, 3.05) is 12.4 Å². The molecule has 0 aliphatic rings. The Labute approximate surface area is 150 Å². The standard InChI is InChI=1S/C20H16N2O4/c1-26-19-10-8-14(9-11-19)20(23)21-17-6-2-4-15(12-17)16-5-3-7-18(13-16)22(24)25/h2-13H,1H3,(H,21,23). The number of nitrogens with zero attached hydrogens (tertiary/aromatic N) is 1. The van der Waals surface area contributed by atoms with E-state index in [1.54, 1.807) is 61.7 Å². The molecule has 0 aromatic heterocycles. The lowest BCUT2D eigenvalue weighted by molar-refractivity contribution is -0.384. The summed E-state index contributed by atoms with van der Waals surface area (Å²) >= 11 is 0. The Morgan fingerprint density at radius 1 is 0.962 bits per heavy atom. The minimum Gasteiger partial charge on any atom is -0.497 e. The van der Waals surface area contributed by atoms with Gasteiger partial charge in [0.05, 0.1) is 12.0 Å². The molecular formula is C20H16N2O4. The van der Waals surface area contributed by atoms with Crippen molar-refractivity contribution < 1.29 is 14.5 Å². The van der Waals surface area contributed by atoms with Gasteiger partial charge in [-0.3, -0.25) is 14.9 Å². The summed E-state index contributed by atoms with van der Waals surface area (Å²) in [6.07, 6.45) is 0. The summed E-state index contributed by atoms with van der Waals surface area (Å²) in [7, 11) is 1.56. The highest BCUT2D eigenvalue weighted by Crippen LogP contribution is 2.26. The van der Waals surface area contributed by atoms with Crippen molar-refractivity contribution in [3.63, 3.8) is 0 Å². The first kappa shape index (κ1) is 17.2. The minimum atomic E-state index is -0.432. The highest BCUT2D eigenvalue weighted by molar-refractivity contribution is 6.04. The van der Waals surface area contributed by atoms with E-state index in [1.165, 1.54) is 12.1 Å². The highest BCUT2D eigenvalue weighted by Gasteiger charge is 2.09. The Bertz CT molecular complexity index is 952. The number of nitrogens with one attached hydrogen (secondary N) is 1. The maximum atomic E-state index is 12.4. The second kappa shape index (κ2) is 7.48. The Morgan fingerprint density at radius 3 is 2.27 bits per heavy atom. The molecule has 0 saturated carbocycles. The van der Waals surface area contributed by atoms with Crippen LogP contribution in [-0.4, -0.2) is 17.9 Å². The number of methoxy groups -OCH3 is 1. The van der Waals surface area contributed by atoms with Gasteiger partial charge in [0.25, 0.3) is 11.6 Å². The van der Waals surface area contributed by atoms with Crippen molar-refractivity contribution in [1.29, 1.82) is 0 Å². The van der Waals surface area contributed by atoms with E-state index in [-0.39, 0.29) is 11.6 Å². The SMILES string of the molecule is COc1ccc(C(=O)Nc2cccc(-c3cccc([N+](=O)[O-])c3)c2)cc1. The number of carbonyl (C=O) groups is 1. The van der Waals surface area contributed by atoms with Gasteiger partial charge in [-0.15, -0.1) is 0 Å². The van der Waals surface area contributed by atoms with Crippen molar-refractivity contribution in [3.8, 4) is 16.9 Å². The third-order valence-electron chi connectivity index (χ3n) is 3.86. The van der Waals surface area contributed by atoms with Crippen LogP contribution >= 0.6 is 0 Å². The molecule has 3 aromatic rings. The van der Waals surface area contributed by atoms with E-state index in [4.69, 9.17) is 4.74 Å². The summed E-state index contributed by atoms with van der Waals surface area (Å²) in [5.41, 5.74) is 2.62. The zero-order chi connectivity index (χ0) is 18.5. The molecule has 0 fully saturated rings. The molecule has 26 heavy (non-hydrogen) atoms. The molecule has 0 aliphatic heterocycles. The molecule has 0 atom stereocenters. The Kier molecular flexibility index (Phi) is 4.94. The number of benzene rings is 3. The number of anilines is 1. The molecule has 1 amide bonds. The fraction of sp³-hybridized carbons (Fsp3) is 0.0500. The lowest BCUT2D eigenvalue weighted by Gasteiger charge is -2.08. The molecule has 0 bridgehead atoms. The lowest BCUT2D eigenvalue weighted by Crippen LogP contribution is -2.11. The summed E-state index contributed by atoms with van der Waals surface area (Å²) in [5.74, 6) is 0.429. The number of amides is 1. The third-order valence-corrected chi connectivity index (χ3v) is 3.86. The first-order valence-corrected chi connectivity index (χ1v) is 7.87. The van der Waals surface area contributed by atoms with Gasteiger partial charge in [0, 0.05) is 23.4 Å². The average molecular weight is 348 g/mol. The van der Waals surface area contributed by atoms with E-state index < -0.39 is 4.92 Å². The summed E-state index contributed by atoms with van der Waals surface area (Å²) in [6.45, 7) is 0. The molecule has 0 unspecified atom stereocenters. The lowest BCUT2D eigenvalue weighted by atomic mass is 10.0. The van der Waals surface area contributed by atoms with Crippen LogP contribution in [-0.2, 0) is 0 Å². The Hall–Kier alpha value is -3.67. The number of nitro benzene ring substituents is 1. The maximum absolute atomic E-state index is 12.4. The van der Waals surface area contributed by atoms with Gasteiger partial charge in [0.15, 0.2) is 0 Å². The molecular weight excluding hydrogens is 332 g/mol. The van der Waals surface area contributed by atoms with Crippen LogP contribution in [0.3, 0.4) is 0 Å². The van der Waals surface area contributed by atoms with Crippen LogP contribution in [0.5, 0.6) is 5.75 Å².